The number of hydrogen-bond acceptors (Lipinski definition) is 12. The van der Waals surface area contributed by atoms with Gasteiger partial charge in [-0.1, -0.05) is 29.5 Å². The molecule has 17 heteroatoms. The molecule has 0 saturated carbocycles. The molecule has 0 aliphatic heterocycles. The summed E-state index contributed by atoms with van der Waals surface area (Å²) in [6, 6.07) is 10.4. The molecule has 3 aromatic rings. The number of aryl methyl sites for hydroxylation is 1. The fraction of sp³-hybridized carbons (Fsp3) is 0.375. The number of aldehydes is 1. The summed E-state index contributed by atoms with van der Waals surface area (Å²) in [6.07, 6.45) is 2.24. The van der Waals surface area contributed by atoms with Gasteiger partial charge in [-0.2, -0.15) is 0 Å². The SMILES string of the molecule is CN/C(N)=C/C=C(\N)CCCCc1nnc(NC(=O)Cc2cccc(NC(=O)OC(C)(C)C)n2)s1.O=CCc1cccc(OC(F)(F)F)c1. The predicted octanol–water partition coefficient (Wildman–Crippen LogP) is 5.36. The number of anilines is 2. The normalized spacial score (nSPS) is 11.9. The van der Waals surface area contributed by atoms with E-state index in [2.05, 4.69) is 35.9 Å². The van der Waals surface area contributed by atoms with Crippen molar-refractivity contribution in [2.45, 2.75) is 71.3 Å². The Morgan fingerprint density at radius 1 is 1.00 bits per heavy atom. The Labute approximate surface area is 286 Å². The second-order valence-electron chi connectivity index (χ2n) is 11.3. The molecule has 0 bridgehead atoms. The molecule has 2 aromatic heterocycles. The number of ether oxygens (including phenoxy) is 2. The zero-order chi connectivity index (χ0) is 36.5. The van der Waals surface area contributed by atoms with Crippen molar-refractivity contribution in [1.29, 1.82) is 0 Å². The Balaban J connectivity index is 0.000000495. The number of halogens is 3. The Morgan fingerprint density at radius 2 is 1.73 bits per heavy atom. The number of alkyl halides is 3. The van der Waals surface area contributed by atoms with E-state index in [9.17, 15) is 27.6 Å². The van der Waals surface area contributed by atoms with Crippen molar-refractivity contribution < 1.29 is 37.0 Å². The molecule has 0 unspecified atom stereocenters. The number of rotatable bonds is 14. The third-order valence-electron chi connectivity index (χ3n) is 5.81. The van der Waals surface area contributed by atoms with E-state index >= 15 is 0 Å². The smallest absolute Gasteiger partial charge is 0.444 e. The van der Waals surface area contributed by atoms with E-state index in [0.29, 0.717) is 34.3 Å². The summed E-state index contributed by atoms with van der Waals surface area (Å²) < 4.78 is 44.2. The first-order chi connectivity index (χ1) is 23.0. The van der Waals surface area contributed by atoms with Gasteiger partial charge in [0.1, 0.15) is 28.5 Å². The highest BCUT2D eigenvalue weighted by Gasteiger charge is 2.31. The summed E-state index contributed by atoms with van der Waals surface area (Å²) in [5.74, 6) is 0.273. The van der Waals surface area contributed by atoms with E-state index in [1.54, 1.807) is 64.2 Å². The molecule has 7 N–H and O–H groups in total. The molecule has 1 aromatic carbocycles. The fourth-order valence-electron chi connectivity index (χ4n) is 3.72. The maximum absolute atomic E-state index is 12.4. The van der Waals surface area contributed by atoms with Crippen LogP contribution in [0, 0.1) is 0 Å². The summed E-state index contributed by atoms with van der Waals surface area (Å²) in [7, 11) is 1.75. The number of hydrogen-bond donors (Lipinski definition) is 5. The Bertz CT molecular complexity index is 1590. The zero-order valence-electron chi connectivity index (χ0n) is 27.6. The van der Waals surface area contributed by atoms with Gasteiger partial charge in [-0.05, 0) is 82.0 Å². The summed E-state index contributed by atoms with van der Waals surface area (Å²) in [6.45, 7) is 5.32. The van der Waals surface area contributed by atoms with Crippen LogP contribution < -0.4 is 32.2 Å². The molecule has 0 fully saturated rings. The Hall–Kier alpha value is -5.19. The first-order valence-electron chi connectivity index (χ1n) is 15.0. The lowest BCUT2D eigenvalue weighted by Crippen LogP contribution is -2.27. The summed E-state index contributed by atoms with van der Waals surface area (Å²) >= 11 is 1.34. The fourth-order valence-corrected chi connectivity index (χ4v) is 4.52. The minimum Gasteiger partial charge on any atom is -0.444 e. The minimum absolute atomic E-state index is 0.0247. The predicted molar refractivity (Wildman–Crippen MR) is 180 cm³/mol. The quantitative estimate of drug-likeness (QED) is 0.0822. The van der Waals surface area contributed by atoms with Crippen molar-refractivity contribution in [2.24, 2.45) is 11.5 Å². The number of aromatic nitrogens is 3. The maximum atomic E-state index is 12.4. The molecule has 13 nitrogen and oxygen atoms in total. The number of carbonyl (C=O) groups excluding carboxylic acids is 3. The lowest BCUT2D eigenvalue weighted by Gasteiger charge is -2.19. The van der Waals surface area contributed by atoms with E-state index < -0.39 is 18.1 Å². The average molecular weight is 707 g/mol. The highest BCUT2D eigenvalue weighted by molar-refractivity contribution is 7.15. The van der Waals surface area contributed by atoms with Crippen LogP contribution >= 0.6 is 11.3 Å². The van der Waals surface area contributed by atoms with Crippen molar-refractivity contribution in [2.75, 3.05) is 17.7 Å². The van der Waals surface area contributed by atoms with Gasteiger partial charge in [-0.3, -0.25) is 10.1 Å². The number of pyridine rings is 1. The number of allylic oxidation sites excluding steroid dienone is 3. The topological polar surface area (TPSA) is 196 Å². The summed E-state index contributed by atoms with van der Waals surface area (Å²) in [5, 5.41) is 17.6. The van der Waals surface area contributed by atoms with Gasteiger partial charge >= 0.3 is 12.5 Å². The van der Waals surface area contributed by atoms with E-state index in [-0.39, 0.29) is 24.5 Å². The maximum Gasteiger partial charge on any atom is 0.573 e. The van der Waals surface area contributed by atoms with Crippen LogP contribution in [-0.2, 0) is 33.6 Å². The molecule has 0 saturated heterocycles. The molecule has 2 amide bonds. The van der Waals surface area contributed by atoms with Gasteiger partial charge in [0.15, 0.2) is 0 Å². The number of benzene rings is 1. The van der Waals surface area contributed by atoms with Gasteiger partial charge < -0.3 is 36.4 Å². The lowest BCUT2D eigenvalue weighted by molar-refractivity contribution is -0.274. The van der Waals surface area contributed by atoms with Crippen LogP contribution in [0.4, 0.5) is 28.9 Å². The van der Waals surface area contributed by atoms with Gasteiger partial charge in [0, 0.05) is 25.6 Å². The van der Waals surface area contributed by atoms with Crippen LogP contribution in [0.3, 0.4) is 0 Å². The molecule has 0 spiro atoms. The third kappa shape index (κ3) is 18.1. The molecule has 0 radical (unpaired) electrons. The average Bonchev–Trinajstić information content (AvgIpc) is 3.43. The van der Waals surface area contributed by atoms with Gasteiger partial charge in [-0.15, -0.1) is 23.4 Å². The second kappa shape index (κ2) is 19.6. The Morgan fingerprint density at radius 3 is 2.41 bits per heavy atom. The van der Waals surface area contributed by atoms with Gasteiger partial charge in [-0.25, -0.2) is 9.78 Å². The van der Waals surface area contributed by atoms with E-state index in [4.69, 9.17) is 16.2 Å². The van der Waals surface area contributed by atoms with Gasteiger partial charge in [0.25, 0.3) is 0 Å². The van der Waals surface area contributed by atoms with Gasteiger partial charge in [0.05, 0.1) is 17.9 Å². The van der Waals surface area contributed by atoms with E-state index in [0.717, 1.165) is 36.4 Å². The molecule has 0 aliphatic rings. The highest BCUT2D eigenvalue weighted by atomic mass is 32.1. The van der Waals surface area contributed by atoms with Crippen LogP contribution in [0.25, 0.3) is 0 Å². The summed E-state index contributed by atoms with van der Waals surface area (Å²) in [4.78, 5) is 38.7. The number of nitrogens with one attached hydrogen (secondary N) is 3. The molecule has 49 heavy (non-hydrogen) atoms. The highest BCUT2D eigenvalue weighted by Crippen LogP contribution is 2.23. The standard InChI is InChI=1S/C23H34N8O3S.C9H7F3O2/c1-23(2,3)34-22(33)28-18-10-7-9-16(27-18)14-19(32)29-21-31-30-20(35-21)11-6-5-8-15(24)12-13-17(25)26-4;10-9(11,12)14-8-3-1-2-7(6-8)4-5-13/h7,9-10,12-13,26H,5-6,8,11,14,24-25H2,1-4H3,(H,27,28,33)(H,29,31,32);1-3,5-6H,4H2/b15-12-,17-13+;. The number of nitrogens with zero attached hydrogens (tertiary/aromatic N) is 3. The van der Waals surface area contributed by atoms with Crippen molar-refractivity contribution in [3.05, 3.63) is 82.4 Å². The molecular formula is C32H41F3N8O5S. The summed E-state index contributed by atoms with van der Waals surface area (Å²) in [5.41, 5.74) is 12.7. The van der Waals surface area contributed by atoms with Crippen molar-refractivity contribution in [3.63, 3.8) is 0 Å². The number of unbranched alkanes of at least 4 members (excludes halogenated alkanes) is 1. The molecular weight excluding hydrogens is 665 g/mol. The van der Waals surface area contributed by atoms with Crippen molar-refractivity contribution >= 4 is 40.6 Å². The second-order valence-corrected chi connectivity index (χ2v) is 12.3. The van der Waals surface area contributed by atoms with Crippen LogP contribution in [0.15, 0.2) is 66.1 Å². The Kier molecular flexibility index (Phi) is 16.0. The van der Waals surface area contributed by atoms with Crippen LogP contribution in [-0.4, -0.2) is 52.5 Å². The van der Waals surface area contributed by atoms with Crippen LogP contribution in [0.5, 0.6) is 5.75 Å². The monoisotopic (exact) mass is 706 g/mol. The van der Waals surface area contributed by atoms with Crippen LogP contribution in [0.2, 0.25) is 0 Å². The lowest BCUT2D eigenvalue weighted by atomic mass is 10.1. The van der Waals surface area contributed by atoms with E-state index in [1.165, 1.54) is 29.5 Å². The molecule has 3 rings (SSSR count). The number of amides is 2. The number of carbonyl (C=O) groups is 3. The van der Waals surface area contributed by atoms with Gasteiger partial charge in [0.2, 0.25) is 11.0 Å². The van der Waals surface area contributed by atoms with Crippen molar-refractivity contribution in [1.82, 2.24) is 20.5 Å². The first kappa shape index (κ1) is 40.0. The van der Waals surface area contributed by atoms with Crippen molar-refractivity contribution in [3.8, 4) is 5.75 Å². The minimum atomic E-state index is -4.69. The zero-order valence-corrected chi connectivity index (χ0v) is 28.4. The first-order valence-corrected chi connectivity index (χ1v) is 15.8. The third-order valence-corrected chi connectivity index (χ3v) is 6.71. The molecule has 266 valence electrons. The largest absolute Gasteiger partial charge is 0.573 e. The molecule has 2 heterocycles. The van der Waals surface area contributed by atoms with Crippen LogP contribution in [0.1, 0.15) is 56.3 Å². The van der Waals surface area contributed by atoms with E-state index in [1.807, 2.05) is 0 Å². The molecule has 0 atom stereocenters. The number of nitrogens with two attached hydrogens (primary N) is 2. The molecule has 0 aliphatic carbocycles.